The van der Waals surface area contributed by atoms with Gasteiger partial charge in [-0.1, -0.05) is 24.3 Å². The summed E-state index contributed by atoms with van der Waals surface area (Å²) in [6, 6.07) is 20.2. The number of benzene rings is 4. The minimum atomic E-state index is -0.525. The lowest BCUT2D eigenvalue weighted by Crippen LogP contribution is -2.50. The van der Waals surface area contributed by atoms with E-state index in [2.05, 4.69) is 20.8 Å². The van der Waals surface area contributed by atoms with Crippen LogP contribution in [-0.4, -0.2) is 181 Å². The van der Waals surface area contributed by atoms with Crippen LogP contribution in [0.25, 0.3) is 4.85 Å². The highest BCUT2D eigenvalue weighted by Crippen LogP contribution is 2.27. The first kappa shape index (κ1) is 66.5. The molecule has 4 aliphatic heterocycles. The van der Waals surface area contributed by atoms with E-state index in [1.807, 2.05) is 98.5 Å². The van der Waals surface area contributed by atoms with Gasteiger partial charge in [0.05, 0.1) is 29.3 Å². The Kier molecular flexibility index (Phi) is 25.1. The number of carbonyl (C=O) groups excluding carboxylic acids is 4. The number of amides is 4. The summed E-state index contributed by atoms with van der Waals surface area (Å²) < 4.78 is 67.3. The van der Waals surface area contributed by atoms with Crippen LogP contribution in [0.15, 0.2) is 72.8 Å². The second-order valence-corrected chi connectivity index (χ2v) is 22.8. The summed E-state index contributed by atoms with van der Waals surface area (Å²) in [7, 11) is 5.23. The molecule has 18 nitrogen and oxygen atoms in total. The topological polar surface area (TPSA) is 153 Å². The molecule has 0 unspecified atom stereocenters. The number of nitrogens with one attached hydrogen (secondary N) is 3. The zero-order chi connectivity index (χ0) is 61.0. The average molecular weight is 1160 g/mol. The zero-order valence-corrected chi connectivity index (χ0v) is 50.3. The van der Waals surface area contributed by atoms with Crippen molar-refractivity contribution in [2.75, 3.05) is 145 Å². The largest absolute Gasteiger partial charge is 0.444 e. The molecule has 4 aromatic carbocycles. The van der Waals surface area contributed by atoms with Gasteiger partial charge in [0.15, 0.2) is 5.69 Å². The van der Waals surface area contributed by atoms with Gasteiger partial charge in [0.2, 0.25) is 11.8 Å². The second-order valence-electron chi connectivity index (χ2n) is 22.8. The highest BCUT2D eigenvalue weighted by Gasteiger charge is 2.29. The molecule has 0 aliphatic carbocycles. The van der Waals surface area contributed by atoms with Crippen molar-refractivity contribution in [1.82, 2.24) is 35.6 Å². The first-order valence-electron chi connectivity index (χ1n) is 28.2. The quantitative estimate of drug-likeness (QED) is 0.103. The van der Waals surface area contributed by atoms with E-state index in [-0.39, 0.29) is 47.3 Å². The van der Waals surface area contributed by atoms with E-state index in [1.165, 1.54) is 36.9 Å². The van der Waals surface area contributed by atoms with Gasteiger partial charge in [-0.2, -0.15) is 0 Å². The summed E-state index contributed by atoms with van der Waals surface area (Å²) in [5, 5.41) is 9.47. The first-order chi connectivity index (χ1) is 39.2. The highest BCUT2D eigenvalue weighted by molar-refractivity contribution is 5.73. The number of ether oxygens (including phenoxy) is 2. The standard InChI is InChI=1S/C19H28FN3O3.C17H26FN3O2.C14H20FN3O.C11H12FN3/c1-14(24)21(5)13-15-6-7-17(16(20)12-15)22-8-10-23(11-9-22)18(25)26-19(2,3)4;1-17(2,3)23-16(22)21-9-7-20(8-10-21)15-6-5-13(12-19-4)11-14(15)18;1-11(19)17(2)10-12-3-4-14(13(15)9-12)18-7-5-16-6-8-18;1-13-9-2-3-11(10(12)8-9)15-6-4-14-5-7-15/h6-7,12H,8-11,13H2,1-5H3;5-6,11,19H,7-10,12H2,1-4H3;3-4,9,16H,5-8,10H2,1-2H3;2-3,8,14H,4-7H2. The Morgan fingerprint density at radius 2 is 0.831 bits per heavy atom. The molecular formula is C61H86F4N12O6. The maximum Gasteiger partial charge on any atom is 0.410 e. The van der Waals surface area contributed by atoms with Gasteiger partial charge < -0.3 is 64.6 Å². The van der Waals surface area contributed by atoms with Gasteiger partial charge >= 0.3 is 12.2 Å². The van der Waals surface area contributed by atoms with Gasteiger partial charge in [0.25, 0.3) is 0 Å². The van der Waals surface area contributed by atoms with E-state index in [4.69, 9.17) is 16.0 Å². The normalized spacial score (nSPS) is 15.5. The molecule has 0 aromatic heterocycles. The fraction of sp³-hybridized carbons (Fsp3) is 0.525. The van der Waals surface area contributed by atoms with E-state index in [0.29, 0.717) is 100 Å². The summed E-state index contributed by atoms with van der Waals surface area (Å²) in [6.45, 7) is 33.4. The maximum absolute atomic E-state index is 14.5. The number of nitrogens with zero attached hydrogens (tertiary/aromatic N) is 9. The van der Waals surface area contributed by atoms with Crippen LogP contribution in [0.3, 0.4) is 0 Å². The minimum Gasteiger partial charge on any atom is -0.444 e. The summed E-state index contributed by atoms with van der Waals surface area (Å²) in [6.07, 6.45) is -0.637. The van der Waals surface area contributed by atoms with Crippen LogP contribution in [-0.2, 0) is 38.7 Å². The molecule has 0 bridgehead atoms. The molecule has 4 heterocycles. The molecule has 22 heteroatoms. The van der Waals surface area contributed by atoms with Crippen molar-refractivity contribution in [3.63, 3.8) is 0 Å². The Labute approximate surface area is 488 Å². The van der Waals surface area contributed by atoms with Crippen molar-refractivity contribution < 1.29 is 46.2 Å². The Morgan fingerprint density at radius 3 is 1.13 bits per heavy atom. The van der Waals surface area contributed by atoms with Crippen LogP contribution >= 0.6 is 0 Å². The molecule has 4 fully saturated rings. The van der Waals surface area contributed by atoms with E-state index >= 15 is 0 Å². The molecule has 454 valence electrons. The predicted molar refractivity (Wildman–Crippen MR) is 319 cm³/mol. The number of hydrogen-bond donors (Lipinski definition) is 3. The Balaban J connectivity index is 0.000000206. The van der Waals surface area contributed by atoms with E-state index in [0.717, 1.165) is 69.0 Å². The Morgan fingerprint density at radius 1 is 0.518 bits per heavy atom. The monoisotopic (exact) mass is 1160 g/mol. The molecule has 0 spiro atoms. The number of carbonyl (C=O) groups is 4. The van der Waals surface area contributed by atoms with Crippen LogP contribution in [0, 0.1) is 29.8 Å². The zero-order valence-electron chi connectivity index (χ0n) is 50.3. The summed E-state index contributed by atoms with van der Waals surface area (Å²) in [5.41, 5.74) is 4.17. The second kappa shape index (κ2) is 31.3. The number of rotatable bonds is 10. The summed E-state index contributed by atoms with van der Waals surface area (Å²) >= 11 is 0. The fourth-order valence-corrected chi connectivity index (χ4v) is 9.25. The molecule has 0 atom stereocenters. The van der Waals surface area contributed by atoms with E-state index in [1.54, 1.807) is 53.1 Å². The number of hydrogen-bond acceptors (Lipinski definition) is 13. The van der Waals surface area contributed by atoms with Crippen molar-refractivity contribution in [3.8, 4) is 0 Å². The molecule has 0 radical (unpaired) electrons. The molecule has 83 heavy (non-hydrogen) atoms. The lowest BCUT2D eigenvalue weighted by atomic mass is 10.1. The number of piperazine rings is 4. The van der Waals surface area contributed by atoms with Crippen LogP contribution < -0.4 is 35.6 Å². The SMILES string of the molecule is CC(=O)N(C)Cc1ccc(N2CCN(C(=O)OC(C)(C)C)CC2)c(F)c1.CC(=O)N(C)Cc1ccc(N2CCNCC2)c(F)c1.CNCc1ccc(N2CCN(C(=O)OC(C)(C)C)CC2)c(F)c1.[C-]#[N+]c1ccc(N2CCNCC2)c(F)c1. The van der Waals surface area contributed by atoms with Crippen molar-refractivity contribution in [1.29, 1.82) is 0 Å². The molecule has 4 aromatic rings. The maximum atomic E-state index is 14.5. The third-order valence-corrected chi connectivity index (χ3v) is 13.9. The lowest BCUT2D eigenvalue weighted by molar-refractivity contribution is -0.128. The molecule has 4 amide bonds. The molecule has 4 aliphatic rings. The van der Waals surface area contributed by atoms with Gasteiger partial charge in [-0.25, -0.2) is 32.0 Å². The van der Waals surface area contributed by atoms with Crippen LogP contribution in [0.2, 0.25) is 0 Å². The number of halogens is 4. The van der Waals surface area contributed by atoms with Crippen LogP contribution in [0.1, 0.15) is 72.1 Å². The van der Waals surface area contributed by atoms with Gasteiger partial charge in [-0.05, 0) is 114 Å². The summed E-state index contributed by atoms with van der Waals surface area (Å²) in [4.78, 5) is 64.2. The van der Waals surface area contributed by atoms with Gasteiger partial charge in [-0.15, -0.1) is 0 Å². The Hall–Kier alpha value is -7.35. The van der Waals surface area contributed by atoms with Crippen LogP contribution in [0.4, 0.5) is 55.6 Å². The highest BCUT2D eigenvalue weighted by atomic mass is 19.1. The third kappa shape index (κ3) is 21.4. The van der Waals surface area contributed by atoms with E-state index in [9.17, 15) is 36.7 Å². The van der Waals surface area contributed by atoms with Crippen LogP contribution in [0.5, 0.6) is 0 Å². The smallest absolute Gasteiger partial charge is 0.410 e. The third-order valence-electron chi connectivity index (χ3n) is 13.9. The van der Waals surface area contributed by atoms with Gasteiger partial charge in [0.1, 0.15) is 34.5 Å². The molecule has 8 rings (SSSR count). The van der Waals surface area contributed by atoms with Gasteiger partial charge in [-0.3, -0.25) is 9.59 Å². The lowest BCUT2D eigenvalue weighted by Gasteiger charge is -2.36. The van der Waals surface area contributed by atoms with Gasteiger partial charge in [0, 0.05) is 152 Å². The molecule has 3 N–H and O–H groups in total. The van der Waals surface area contributed by atoms with E-state index < -0.39 is 11.2 Å². The first-order valence-corrected chi connectivity index (χ1v) is 28.2. The minimum absolute atomic E-state index is 0.0217. The fourth-order valence-electron chi connectivity index (χ4n) is 9.25. The Bertz CT molecular complexity index is 2820. The van der Waals surface area contributed by atoms with Crippen molar-refractivity contribution in [3.05, 3.63) is 124 Å². The molecule has 0 saturated carbocycles. The van der Waals surface area contributed by atoms with Crippen molar-refractivity contribution in [2.45, 2.75) is 86.2 Å². The van der Waals surface area contributed by atoms with Crippen molar-refractivity contribution >= 4 is 52.4 Å². The average Bonchev–Trinajstić information content (AvgIpc) is 3.65. The predicted octanol–water partition coefficient (Wildman–Crippen LogP) is 8.46. The molecular weight excluding hydrogens is 1070 g/mol. The van der Waals surface area contributed by atoms with Crippen molar-refractivity contribution in [2.24, 2.45) is 0 Å². The molecule has 4 saturated heterocycles. The number of anilines is 4. The summed E-state index contributed by atoms with van der Waals surface area (Å²) in [5.74, 6) is -1.13.